The lowest BCUT2D eigenvalue weighted by Gasteiger charge is -2.25. The molecule has 0 unspecified atom stereocenters. The number of hydrogen-bond acceptors (Lipinski definition) is 3. The molecule has 0 saturated carbocycles. The second-order valence-corrected chi connectivity index (χ2v) is 6.43. The lowest BCUT2D eigenvalue weighted by Crippen LogP contribution is -2.31. The van der Waals surface area contributed by atoms with Crippen LogP contribution in [0.1, 0.15) is 38.8 Å². The smallest absolute Gasteiger partial charge is 0.0589 e. The monoisotopic (exact) mass is 292 g/mol. The fourth-order valence-electron chi connectivity index (χ4n) is 2.41. The van der Waals surface area contributed by atoms with E-state index in [-0.39, 0.29) is 0 Å². The molecule has 0 atom stereocenters. The highest BCUT2D eigenvalue weighted by atomic mass is 16.5. The maximum atomic E-state index is 5.25. The molecule has 0 saturated heterocycles. The normalized spacial score (nSPS) is 11.8. The predicted molar refractivity (Wildman–Crippen MR) is 90.4 cm³/mol. The summed E-state index contributed by atoms with van der Waals surface area (Å²) < 4.78 is 5.25. The minimum absolute atomic E-state index is 0.512. The molecule has 1 rings (SSSR count). The third kappa shape index (κ3) is 7.60. The molecule has 1 aromatic rings. The van der Waals surface area contributed by atoms with E-state index in [4.69, 9.17) is 4.74 Å². The first-order valence-corrected chi connectivity index (χ1v) is 8.04. The highest BCUT2D eigenvalue weighted by molar-refractivity contribution is 5.27. The van der Waals surface area contributed by atoms with E-state index in [1.54, 1.807) is 7.11 Å². The van der Waals surface area contributed by atoms with E-state index in [1.165, 1.54) is 11.1 Å². The molecule has 0 aliphatic heterocycles. The van der Waals surface area contributed by atoms with Gasteiger partial charge in [-0.15, -0.1) is 0 Å². The maximum absolute atomic E-state index is 5.25. The van der Waals surface area contributed by atoms with Gasteiger partial charge >= 0.3 is 0 Å². The predicted octanol–water partition coefficient (Wildman–Crippen LogP) is 3.29. The van der Waals surface area contributed by atoms with Gasteiger partial charge in [0.05, 0.1) is 6.61 Å². The average Bonchev–Trinajstić information content (AvgIpc) is 2.43. The summed E-state index contributed by atoms with van der Waals surface area (Å²) in [7, 11) is 1.77. The Balaban J connectivity index is 2.72. The fourth-order valence-corrected chi connectivity index (χ4v) is 2.41. The van der Waals surface area contributed by atoms with Crippen molar-refractivity contribution < 1.29 is 4.74 Å². The van der Waals surface area contributed by atoms with Crippen molar-refractivity contribution in [3.63, 3.8) is 0 Å². The number of nitrogens with one attached hydrogen (secondary N) is 1. The molecule has 0 heterocycles. The van der Waals surface area contributed by atoms with Crippen LogP contribution in [0.2, 0.25) is 0 Å². The summed E-state index contributed by atoms with van der Waals surface area (Å²) >= 11 is 0. The van der Waals surface area contributed by atoms with Crippen molar-refractivity contribution in [3.05, 3.63) is 35.4 Å². The molecule has 0 amide bonds. The van der Waals surface area contributed by atoms with E-state index in [9.17, 15) is 0 Å². The molecule has 0 bridgehead atoms. The SMILES string of the molecule is COCCN(Cc1ccccc1CNC(C)C)CC(C)C. The molecule has 0 aliphatic rings. The van der Waals surface area contributed by atoms with Crippen LogP contribution in [-0.2, 0) is 17.8 Å². The molecule has 0 aromatic heterocycles. The van der Waals surface area contributed by atoms with Gasteiger partial charge in [0, 0.05) is 39.3 Å². The second kappa shape index (κ2) is 9.93. The summed E-state index contributed by atoms with van der Waals surface area (Å²) in [5.74, 6) is 0.669. The van der Waals surface area contributed by atoms with Gasteiger partial charge in [-0.1, -0.05) is 52.0 Å². The molecule has 0 fully saturated rings. The van der Waals surface area contributed by atoms with Gasteiger partial charge in [-0.3, -0.25) is 4.90 Å². The lowest BCUT2D eigenvalue weighted by molar-refractivity contribution is 0.136. The summed E-state index contributed by atoms with van der Waals surface area (Å²) in [5, 5.41) is 3.52. The summed E-state index contributed by atoms with van der Waals surface area (Å²) in [6.45, 7) is 13.7. The van der Waals surface area contributed by atoms with E-state index in [1.807, 2.05) is 0 Å². The summed E-state index contributed by atoms with van der Waals surface area (Å²) in [5.41, 5.74) is 2.82. The Kier molecular flexibility index (Phi) is 8.58. The molecule has 0 radical (unpaired) electrons. The molecular formula is C18H32N2O. The maximum Gasteiger partial charge on any atom is 0.0589 e. The Hall–Kier alpha value is -0.900. The van der Waals surface area contributed by atoms with E-state index in [0.717, 1.165) is 32.8 Å². The third-order valence-corrected chi connectivity index (χ3v) is 3.45. The van der Waals surface area contributed by atoms with E-state index >= 15 is 0 Å². The molecule has 3 nitrogen and oxygen atoms in total. The lowest BCUT2D eigenvalue weighted by atomic mass is 10.1. The van der Waals surface area contributed by atoms with Gasteiger partial charge in [0.1, 0.15) is 0 Å². The number of benzene rings is 1. The Morgan fingerprint density at radius 1 is 1.10 bits per heavy atom. The first kappa shape index (κ1) is 18.1. The highest BCUT2D eigenvalue weighted by Gasteiger charge is 2.10. The van der Waals surface area contributed by atoms with Crippen molar-refractivity contribution >= 4 is 0 Å². The van der Waals surface area contributed by atoms with Crippen LogP contribution in [-0.4, -0.2) is 37.7 Å². The minimum atomic E-state index is 0.512. The number of nitrogens with zero attached hydrogens (tertiary/aromatic N) is 1. The minimum Gasteiger partial charge on any atom is -0.383 e. The fraction of sp³-hybridized carbons (Fsp3) is 0.667. The quantitative estimate of drug-likeness (QED) is 0.716. The van der Waals surface area contributed by atoms with Crippen molar-refractivity contribution in [1.29, 1.82) is 0 Å². The van der Waals surface area contributed by atoms with Gasteiger partial charge in [-0.25, -0.2) is 0 Å². The zero-order valence-corrected chi connectivity index (χ0v) is 14.4. The molecule has 21 heavy (non-hydrogen) atoms. The van der Waals surface area contributed by atoms with Gasteiger partial charge in [0.15, 0.2) is 0 Å². The number of methoxy groups -OCH3 is 1. The highest BCUT2D eigenvalue weighted by Crippen LogP contribution is 2.13. The van der Waals surface area contributed by atoms with Crippen molar-refractivity contribution in [2.45, 2.75) is 46.8 Å². The standard InChI is InChI=1S/C18H32N2O/c1-15(2)13-20(10-11-21-5)14-18-9-7-6-8-17(18)12-19-16(3)4/h6-9,15-16,19H,10-14H2,1-5H3. The van der Waals surface area contributed by atoms with Crippen molar-refractivity contribution in [1.82, 2.24) is 10.2 Å². The van der Waals surface area contributed by atoms with Crippen LogP contribution in [0.25, 0.3) is 0 Å². The van der Waals surface area contributed by atoms with Gasteiger partial charge in [0.25, 0.3) is 0 Å². The van der Waals surface area contributed by atoms with Crippen molar-refractivity contribution in [3.8, 4) is 0 Å². The average molecular weight is 292 g/mol. The number of ether oxygens (including phenoxy) is 1. The first-order valence-electron chi connectivity index (χ1n) is 8.04. The Morgan fingerprint density at radius 3 is 2.33 bits per heavy atom. The Labute approximate surface area is 130 Å². The van der Waals surface area contributed by atoms with Gasteiger partial charge in [-0.05, 0) is 17.0 Å². The zero-order valence-electron chi connectivity index (χ0n) is 14.4. The summed E-state index contributed by atoms with van der Waals surface area (Å²) in [6, 6.07) is 9.26. The number of rotatable bonds is 10. The molecule has 0 spiro atoms. The Bertz CT molecular complexity index is 391. The number of hydrogen-bond donors (Lipinski definition) is 1. The van der Waals surface area contributed by atoms with Crippen LogP contribution in [0.15, 0.2) is 24.3 Å². The van der Waals surface area contributed by atoms with E-state index < -0.39 is 0 Å². The first-order chi connectivity index (χ1) is 10.0. The zero-order chi connectivity index (χ0) is 15.7. The van der Waals surface area contributed by atoms with Crippen LogP contribution >= 0.6 is 0 Å². The van der Waals surface area contributed by atoms with Crippen LogP contribution < -0.4 is 5.32 Å². The molecular weight excluding hydrogens is 260 g/mol. The Morgan fingerprint density at radius 2 is 1.76 bits per heavy atom. The van der Waals surface area contributed by atoms with Crippen molar-refractivity contribution in [2.75, 3.05) is 26.8 Å². The molecule has 1 N–H and O–H groups in total. The third-order valence-electron chi connectivity index (χ3n) is 3.45. The molecule has 1 aromatic carbocycles. The van der Waals surface area contributed by atoms with E-state index in [0.29, 0.717) is 12.0 Å². The largest absolute Gasteiger partial charge is 0.383 e. The molecule has 3 heteroatoms. The van der Waals surface area contributed by atoms with Crippen molar-refractivity contribution in [2.24, 2.45) is 5.92 Å². The van der Waals surface area contributed by atoms with Crippen LogP contribution in [0.5, 0.6) is 0 Å². The van der Waals surface area contributed by atoms with Crippen LogP contribution in [0, 0.1) is 5.92 Å². The second-order valence-electron chi connectivity index (χ2n) is 6.43. The van der Waals surface area contributed by atoms with Gasteiger partial charge in [0.2, 0.25) is 0 Å². The molecule has 0 aliphatic carbocycles. The summed E-state index contributed by atoms with van der Waals surface area (Å²) in [4.78, 5) is 2.49. The summed E-state index contributed by atoms with van der Waals surface area (Å²) in [6.07, 6.45) is 0. The molecule has 120 valence electrons. The topological polar surface area (TPSA) is 24.5 Å². The van der Waals surface area contributed by atoms with E-state index in [2.05, 4.69) is 62.2 Å². The van der Waals surface area contributed by atoms with Gasteiger partial charge in [-0.2, -0.15) is 0 Å². The van der Waals surface area contributed by atoms with Gasteiger partial charge < -0.3 is 10.1 Å². The van der Waals surface area contributed by atoms with Crippen LogP contribution in [0.3, 0.4) is 0 Å². The van der Waals surface area contributed by atoms with Crippen LogP contribution in [0.4, 0.5) is 0 Å².